The quantitative estimate of drug-likeness (QED) is 0.547. The Morgan fingerprint density at radius 1 is 1.14 bits per heavy atom. The second kappa shape index (κ2) is 9.97. The summed E-state index contributed by atoms with van der Waals surface area (Å²) in [4.78, 5) is 35.4. The zero-order valence-corrected chi connectivity index (χ0v) is 18.4. The minimum Gasteiger partial charge on any atom is -0.406 e. The molecule has 182 valence electrons. The Morgan fingerprint density at radius 3 is 2.57 bits per heavy atom. The van der Waals surface area contributed by atoms with E-state index in [4.69, 9.17) is 4.74 Å². The van der Waals surface area contributed by atoms with Crippen LogP contribution in [0.2, 0.25) is 0 Å². The molecule has 9 nitrogen and oxygen atoms in total. The fourth-order valence-electron chi connectivity index (χ4n) is 3.50. The Kier molecular flexibility index (Phi) is 6.82. The Morgan fingerprint density at radius 2 is 1.91 bits per heavy atom. The summed E-state index contributed by atoms with van der Waals surface area (Å²) in [5.41, 5.74) is 1.93. The van der Waals surface area contributed by atoms with Crippen LogP contribution < -0.4 is 20.3 Å². The van der Waals surface area contributed by atoms with E-state index in [-0.39, 0.29) is 19.0 Å². The first-order chi connectivity index (χ1) is 16.7. The van der Waals surface area contributed by atoms with Gasteiger partial charge in [-0.2, -0.15) is 0 Å². The molecule has 3 aromatic rings. The highest BCUT2D eigenvalue weighted by Crippen LogP contribution is 2.31. The molecule has 3 heterocycles. The molecule has 2 aromatic heterocycles. The third-order valence-corrected chi connectivity index (χ3v) is 5.03. The van der Waals surface area contributed by atoms with Crippen molar-refractivity contribution in [3.05, 3.63) is 66.4 Å². The van der Waals surface area contributed by atoms with Crippen LogP contribution in [-0.2, 0) is 9.53 Å². The summed E-state index contributed by atoms with van der Waals surface area (Å²) in [6, 6.07) is 12.3. The zero-order chi connectivity index (χ0) is 25.0. The fourth-order valence-corrected chi connectivity index (χ4v) is 3.50. The lowest BCUT2D eigenvalue weighted by Gasteiger charge is -2.30. The number of aromatic nitrogens is 2. The van der Waals surface area contributed by atoms with Crippen molar-refractivity contribution in [2.45, 2.75) is 12.4 Å². The van der Waals surface area contributed by atoms with E-state index in [9.17, 15) is 22.8 Å². The number of benzene rings is 1. The maximum absolute atomic E-state index is 13.2. The summed E-state index contributed by atoms with van der Waals surface area (Å²) in [5, 5.41) is 5.44. The summed E-state index contributed by atoms with van der Waals surface area (Å²) in [6.45, 7) is -0.255. The number of hydrogen-bond acceptors (Lipinski definition) is 6. The molecular weight excluding hydrogens is 467 g/mol. The van der Waals surface area contributed by atoms with Crippen molar-refractivity contribution in [3.63, 3.8) is 0 Å². The molecule has 1 aliphatic heterocycles. The van der Waals surface area contributed by atoms with Gasteiger partial charge in [0, 0.05) is 13.3 Å². The molecule has 0 saturated carbocycles. The van der Waals surface area contributed by atoms with Gasteiger partial charge in [0.2, 0.25) is 5.91 Å². The van der Waals surface area contributed by atoms with Crippen LogP contribution >= 0.6 is 0 Å². The maximum atomic E-state index is 13.2. The molecule has 1 aromatic carbocycles. The molecule has 12 heteroatoms. The topological polar surface area (TPSA) is 106 Å². The summed E-state index contributed by atoms with van der Waals surface area (Å²) in [5.74, 6) is -0.566. The Bertz CT molecular complexity index is 1210. The van der Waals surface area contributed by atoms with E-state index < -0.39 is 30.1 Å². The highest BCUT2D eigenvalue weighted by molar-refractivity contribution is 6.08. The van der Waals surface area contributed by atoms with Crippen LogP contribution in [0.4, 0.5) is 29.5 Å². The van der Waals surface area contributed by atoms with Crippen molar-refractivity contribution < 1.29 is 32.2 Å². The smallest absolute Gasteiger partial charge is 0.406 e. The average Bonchev–Trinajstić information content (AvgIpc) is 2.83. The lowest BCUT2D eigenvalue weighted by atomic mass is 10.1. The number of alkyl halides is 3. The summed E-state index contributed by atoms with van der Waals surface area (Å²) in [6.07, 6.45) is -3.20. The molecule has 4 rings (SSSR count). The van der Waals surface area contributed by atoms with Crippen LogP contribution in [0.1, 0.15) is 11.6 Å². The number of anilines is 2. The number of urea groups is 1. The predicted molar refractivity (Wildman–Crippen MR) is 120 cm³/mol. The summed E-state index contributed by atoms with van der Waals surface area (Å²) < 4.78 is 46.4. The van der Waals surface area contributed by atoms with Gasteiger partial charge in [-0.05, 0) is 42.0 Å². The maximum Gasteiger partial charge on any atom is 0.573 e. The van der Waals surface area contributed by atoms with E-state index in [2.05, 4.69) is 25.3 Å². The lowest BCUT2D eigenvalue weighted by molar-refractivity contribution is -0.274. The molecule has 2 N–H and O–H groups in total. The third kappa shape index (κ3) is 5.84. The predicted octanol–water partition coefficient (Wildman–Crippen LogP) is 3.90. The number of nitrogens with zero attached hydrogens (tertiary/aromatic N) is 3. The fraction of sp³-hybridized carbons (Fsp3) is 0.217. The SMILES string of the molecule is COCC(NC(=O)N1CC(=O)Nc2ccc(-c3ccccn3)nc21)c1ccc(OC(F)(F)F)cc1. The molecule has 0 aliphatic carbocycles. The standard InChI is InChI=1S/C23H20F3N5O4/c1-34-13-19(14-5-7-15(8-6-14)35-23(24,25)26)30-22(33)31-12-20(32)28-18-10-9-17(29-21(18)31)16-4-2-3-11-27-16/h2-11,19H,12-13H2,1H3,(H,28,32)(H,30,33). The van der Waals surface area contributed by atoms with E-state index in [1.54, 1.807) is 36.5 Å². The van der Waals surface area contributed by atoms with Gasteiger partial charge in [-0.15, -0.1) is 13.2 Å². The van der Waals surface area contributed by atoms with Crippen molar-refractivity contribution in [1.29, 1.82) is 0 Å². The first-order valence-electron chi connectivity index (χ1n) is 10.4. The van der Waals surface area contributed by atoms with Crippen LogP contribution in [-0.4, -0.2) is 48.5 Å². The van der Waals surface area contributed by atoms with Crippen LogP contribution in [0, 0.1) is 0 Å². The van der Waals surface area contributed by atoms with Crippen molar-refractivity contribution in [1.82, 2.24) is 15.3 Å². The van der Waals surface area contributed by atoms with Gasteiger partial charge in [-0.3, -0.25) is 14.7 Å². The summed E-state index contributed by atoms with van der Waals surface area (Å²) >= 11 is 0. The van der Waals surface area contributed by atoms with E-state index in [1.165, 1.54) is 24.1 Å². The molecule has 1 atom stereocenters. The van der Waals surface area contributed by atoms with Gasteiger partial charge in [0.1, 0.15) is 12.3 Å². The lowest BCUT2D eigenvalue weighted by Crippen LogP contribution is -2.49. The van der Waals surface area contributed by atoms with Gasteiger partial charge in [0.25, 0.3) is 0 Å². The molecule has 0 fully saturated rings. The molecular formula is C23H20F3N5O4. The van der Waals surface area contributed by atoms with Gasteiger partial charge < -0.3 is 20.1 Å². The number of halogens is 3. The number of rotatable bonds is 6. The molecule has 0 radical (unpaired) electrons. The number of amides is 3. The number of pyridine rings is 2. The number of carbonyl (C=O) groups excluding carboxylic acids is 2. The van der Waals surface area contributed by atoms with Gasteiger partial charge in [-0.1, -0.05) is 18.2 Å². The minimum atomic E-state index is -4.81. The number of methoxy groups -OCH3 is 1. The average molecular weight is 487 g/mol. The molecule has 0 saturated heterocycles. The first-order valence-corrected chi connectivity index (χ1v) is 10.4. The van der Waals surface area contributed by atoms with Gasteiger partial charge in [0.05, 0.1) is 29.7 Å². The normalized spacial score (nSPS) is 14.1. The molecule has 3 amide bonds. The second-order valence-electron chi connectivity index (χ2n) is 7.49. The molecule has 35 heavy (non-hydrogen) atoms. The van der Waals surface area contributed by atoms with E-state index >= 15 is 0 Å². The van der Waals surface area contributed by atoms with E-state index in [1.807, 2.05) is 0 Å². The highest BCUT2D eigenvalue weighted by atomic mass is 19.4. The summed E-state index contributed by atoms with van der Waals surface area (Å²) in [7, 11) is 1.42. The van der Waals surface area contributed by atoms with Crippen LogP contribution in [0.25, 0.3) is 11.4 Å². The Labute approximate surface area is 197 Å². The van der Waals surface area contributed by atoms with Crippen LogP contribution in [0.5, 0.6) is 5.75 Å². The van der Waals surface area contributed by atoms with Crippen LogP contribution in [0.15, 0.2) is 60.8 Å². The van der Waals surface area contributed by atoms with Crippen LogP contribution in [0.3, 0.4) is 0 Å². The Hall–Kier alpha value is -4.19. The number of carbonyl (C=O) groups is 2. The largest absolute Gasteiger partial charge is 0.573 e. The van der Waals surface area contributed by atoms with E-state index in [0.717, 1.165) is 12.1 Å². The molecule has 1 aliphatic rings. The molecule has 1 unspecified atom stereocenters. The molecule has 0 spiro atoms. The zero-order valence-electron chi connectivity index (χ0n) is 18.4. The minimum absolute atomic E-state index is 0.0273. The Balaban J connectivity index is 1.58. The number of fused-ring (bicyclic) bond motifs is 1. The molecule has 0 bridgehead atoms. The number of hydrogen-bond donors (Lipinski definition) is 2. The van der Waals surface area contributed by atoms with Gasteiger partial charge in [0.15, 0.2) is 5.82 Å². The van der Waals surface area contributed by atoms with Crippen molar-refractivity contribution in [2.75, 3.05) is 30.5 Å². The monoisotopic (exact) mass is 487 g/mol. The van der Waals surface area contributed by atoms with Gasteiger partial charge >= 0.3 is 12.4 Å². The van der Waals surface area contributed by atoms with Gasteiger partial charge in [-0.25, -0.2) is 9.78 Å². The number of nitrogens with one attached hydrogen (secondary N) is 2. The van der Waals surface area contributed by atoms with Crippen molar-refractivity contribution in [3.8, 4) is 17.1 Å². The van der Waals surface area contributed by atoms with E-state index in [0.29, 0.717) is 22.6 Å². The first kappa shape index (κ1) is 24.0. The third-order valence-electron chi connectivity index (χ3n) is 5.03. The second-order valence-corrected chi connectivity index (χ2v) is 7.49. The highest BCUT2D eigenvalue weighted by Gasteiger charge is 2.32. The van der Waals surface area contributed by atoms with Crippen molar-refractivity contribution in [2.24, 2.45) is 0 Å². The number of ether oxygens (including phenoxy) is 2. The van der Waals surface area contributed by atoms with Crippen molar-refractivity contribution >= 4 is 23.4 Å².